The van der Waals surface area contributed by atoms with E-state index in [0.29, 0.717) is 42.7 Å². The number of methoxy groups -OCH3 is 1. The van der Waals surface area contributed by atoms with Crippen LogP contribution < -0.4 is 10.5 Å². The molecule has 0 saturated carbocycles. The molecule has 0 radical (unpaired) electrons. The van der Waals surface area contributed by atoms with Crippen LogP contribution in [0, 0.1) is 5.92 Å². The number of ether oxygens (including phenoxy) is 3. The average molecular weight is 579 g/mol. The number of benzene rings is 1. The van der Waals surface area contributed by atoms with Gasteiger partial charge in [0.05, 0.1) is 19.0 Å². The molecule has 224 valence electrons. The number of nitrogens with zero attached hydrogens (tertiary/aromatic N) is 1. The van der Waals surface area contributed by atoms with Crippen molar-refractivity contribution in [2.75, 3.05) is 40.0 Å². The number of hydrogen-bond acceptors (Lipinski definition) is 7. The molecule has 2 fully saturated rings. The Balaban J connectivity index is 0.00000134. The third-order valence-electron chi connectivity index (χ3n) is 7.44. The van der Waals surface area contributed by atoms with Crippen molar-refractivity contribution in [1.29, 1.82) is 0 Å². The van der Waals surface area contributed by atoms with Gasteiger partial charge in [-0.25, -0.2) is 8.42 Å². The number of piperidine rings is 1. The zero-order valence-electron chi connectivity index (χ0n) is 24.6. The van der Waals surface area contributed by atoms with E-state index in [-0.39, 0.29) is 38.4 Å². The summed E-state index contributed by atoms with van der Waals surface area (Å²) in [5.41, 5.74) is 6.20. The van der Waals surface area contributed by atoms with Crippen molar-refractivity contribution in [3.05, 3.63) is 53.8 Å². The first-order valence-electron chi connectivity index (χ1n) is 14.3. The Bertz CT molecular complexity index is 1120. The van der Waals surface area contributed by atoms with Gasteiger partial charge in [0.25, 0.3) is 5.91 Å². The van der Waals surface area contributed by atoms with Gasteiger partial charge < -0.3 is 24.8 Å². The van der Waals surface area contributed by atoms with Crippen molar-refractivity contribution < 1.29 is 32.2 Å². The fraction of sp³-hybridized carbons (Fsp3) is 0.600. The topological polar surface area (TPSA) is 125 Å². The van der Waals surface area contributed by atoms with Crippen LogP contribution in [0.3, 0.4) is 0 Å². The molecule has 9 nitrogen and oxygen atoms in total. The fourth-order valence-corrected chi connectivity index (χ4v) is 7.24. The molecule has 2 heterocycles. The van der Waals surface area contributed by atoms with Crippen LogP contribution in [0.25, 0.3) is 0 Å². The number of likely N-dealkylation sites (tertiary alicyclic amines) is 1. The maximum absolute atomic E-state index is 13.3. The van der Waals surface area contributed by atoms with E-state index in [1.807, 2.05) is 32.6 Å². The Kier molecular flexibility index (Phi) is 13.2. The van der Waals surface area contributed by atoms with Crippen LogP contribution in [0.4, 0.5) is 0 Å². The van der Waals surface area contributed by atoms with Crippen LogP contribution in [0.1, 0.15) is 70.2 Å². The molecule has 1 unspecified atom stereocenters. The molecule has 2 saturated heterocycles. The zero-order chi connectivity index (χ0) is 29.8. The SMILES string of the molecule is CC.CC.COc1ccc(C(=O)N2CCC(COC3=CCC(S(=O)(=O)C4(C(N)=O)CCOCC4)C=C3)CC2)cc1. The van der Waals surface area contributed by atoms with E-state index in [1.165, 1.54) is 0 Å². The zero-order valence-corrected chi connectivity index (χ0v) is 25.4. The second kappa shape index (κ2) is 15.8. The highest BCUT2D eigenvalue weighted by atomic mass is 32.2. The third kappa shape index (κ3) is 7.66. The number of primary amides is 1. The summed E-state index contributed by atoms with van der Waals surface area (Å²) in [6.07, 6.45) is 7.10. The van der Waals surface area contributed by atoms with E-state index >= 15 is 0 Å². The number of carbonyl (C=O) groups is 2. The van der Waals surface area contributed by atoms with Crippen molar-refractivity contribution in [2.24, 2.45) is 11.7 Å². The maximum Gasteiger partial charge on any atom is 0.253 e. The number of amides is 2. The van der Waals surface area contributed by atoms with Crippen LogP contribution in [0.2, 0.25) is 0 Å². The van der Waals surface area contributed by atoms with Crippen LogP contribution in [-0.4, -0.2) is 75.1 Å². The highest BCUT2D eigenvalue weighted by molar-refractivity contribution is 7.94. The van der Waals surface area contributed by atoms with Crippen molar-refractivity contribution in [3.63, 3.8) is 0 Å². The summed E-state index contributed by atoms with van der Waals surface area (Å²) in [6, 6.07) is 7.12. The lowest BCUT2D eigenvalue weighted by atomic mass is 9.97. The minimum Gasteiger partial charge on any atom is -0.497 e. The first kappa shape index (κ1) is 33.4. The molecule has 2 N–H and O–H groups in total. The second-order valence-corrected chi connectivity index (χ2v) is 12.0. The molecular weight excluding hydrogens is 532 g/mol. The smallest absolute Gasteiger partial charge is 0.253 e. The first-order valence-corrected chi connectivity index (χ1v) is 15.9. The molecule has 1 atom stereocenters. The number of sulfone groups is 1. The summed E-state index contributed by atoms with van der Waals surface area (Å²) in [4.78, 5) is 26.8. The first-order chi connectivity index (χ1) is 19.3. The number of allylic oxidation sites excluding steroid dienone is 2. The average Bonchev–Trinajstić information content (AvgIpc) is 3.02. The van der Waals surface area contributed by atoms with Crippen LogP contribution in [0.5, 0.6) is 5.75 Å². The second-order valence-electron chi connectivity index (χ2n) is 9.53. The highest BCUT2D eigenvalue weighted by Gasteiger charge is 2.52. The Labute approximate surface area is 239 Å². The van der Waals surface area contributed by atoms with Gasteiger partial charge in [-0.05, 0) is 74.4 Å². The number of hydrogen-bond donors (Lipinski definition) is 1. The lowest BCUT2D eigenvalue weighted by Crippen LogP contribution is -2.56. The summed E-state index contributed by atoms with van der Waals surface area (Å²) >= 11 is 0. The normalized spacial score (nSPS) is 20.6. The highest BCUT2D eigenvalue weighted by Crippen LogP contribution is 2.35. The van der Waals surface area contributed by atoms with Gasteiger partial charge in [-0.15, -0.1) is 0 Å². The van der Waals surface area contributed by atoms with Gasteiger partial charge in [0.1, 0.15) is 11.5 Å². The van der Waals surface area contributed by atoms with Gasteiger partial charge in [0, 0.05) is 31.9 Å². The molecular formula is C30H46N2O7S. The molecule has 1 aromatic rings. The predicted molar refractivity (Wildman–Crippen MR) is 157 cm³/mol. The lowest BCUT2D eigenvalue weighted by molar-refractivity contribution is -0.122. The van der Waals surface area contributed by atoms with Gasteiger partial charge in [0.2, 0.25) is 5.91 Å². The Morgan fingerprint density at radius 1 is 1.05 bits per heavy atom. The van der Waals surface area contributed by atoms with Crippen molar-refractivity contribution >= 4 is 21.7 Å². The lowest BCUT2D eigenvalue weighted by Gasteiger charge is -2.36. The maximum atomic E-state index is 13.3. The third-order valence-corrected chi connectivity index (χ3v) is 10.3. The Morgan fingerprint density at radius 3 is 2.15 bits per heavy atom. The number of nitrogens with two attached hydrogens (primary N) is 1. The quantitative estimate of drug-likeness (QED) is 0.488. The summed E-state index contributed by atoms with van der Waals surface area (Å²) in [7, 11) is -2.24. The summed E-state index contributed by atoms with van der Waals surface area (Å²) in [6.45, 7) is 10.2. The molecule has 0 bridgehead atoms. The van der Waals surface area contributed by atoms with Crippen molar-refractivity contribution in [1.82, 2.24) is 4.90 Å². The van der Waals surface area contributed by atoms with E-state index in [2.05, 4.69) is 0 Å². The Hall–Kier alpha value is -2.85. The van der Waals surface area contributed by atoms with E-state index < -0.39 is 25.7 Å². The molecule has 2 aliphatic heterocycles. The minimum absolute atomic E-state index is 0.0143. The van der Waals surface area contributed by atoms with Crippen LogP contribution in [-0.2, 0) is 24.1 Å². The minimum atomic E-state index is -3.83. The number of rotatable bonds is 8. The number of carbonyl (C=O) groups excluding carboxylic acids is 2. The molecule has 4 rings (SSSR count). The molecule has 10 heteroatoms. The van der Waals surface area contributed by atoms with Gasteiger partial charge >= 0.3 is 0 Å². The summed E-state index contributed by atoms with van der Waals surface area (Å²) in [5, 5.41) is -0.817. The van der Waals surface area contributed by atoms with Gasteiger partial charge in [-0.1, -0.05) is 33.8 Å². The largest absolute Gasteiger partial charge is 0.497 e. The Morgan fingerprint density at radius 2 is 1.65 bits per heavy atom. The van der Waals surface area contributed by atoms with E-state index in [1.54, 1.807) is 49.6 Å². The molecule has 1 aromatic carbocycles. The van der Waals surface area contributed by atoms with Gasteiger partial charge in [0.15, 0.2) is 14.6 Å². The molecule has 0 aromatic heterocycles. The summed E-state index contributed by atoms with van der Waals surface area (Å²) < 4.78 is 41.4. The van der Waals surface area contributed by atoms with Gasteiger partial charge in [-0.2, -0.15) is 0 Å². The fourth-order valence-electron chi connectivity index (χ4n) is 5.01. The van der Waals surface area contributed by atoms with Crippen LogP contribution >= 0.6 is 0 Å². The van der Waals surface area contributed by atoms with Crippen LogP contribution in [0.15, 0.2) is 48.3 Å². The predicted octanol–water partition coefficient (Wildman–Crippen LogP) is 4.28. The molecule has 40 heavy (non-hydrogen) atoms. The molecule has 1 aliphatic carbocycles. The van der Waals surface area contributed by atoms with Crippen molar-refractivity contribution in [2.45, 2.75) is 69.8 Å². The molecule has 0 spiro atoms. The summed E-state index contributed by atoms with van der Waals surface area (Å²) in [5.74, 6) is 0.857. The standard InChI is InChI=1S/C26H34N2O7S.2C2H6/c1-33-21-4-2-20(3-5-21)24(29)28-14-10-19(11-15-28)18-35-22-6-8-23(9-7-22)36(31,32)26(25(27)30)12-16-34-17-13-26;2*1-2/h2-8,19,23H,9-18H2,1H3,(H2,27,30);2*1-2H3. The van der Waals surface area contributed by atoms with E-state index in [9.17, 15) is 18.0 Å². The monoisotopic (exact) mass is 578 g/mol. The van der Waals surface area contributed by atoms with Gasteiger partial charge in [-0.3, -0.25) is 9.59 Å². The van der Waals surface area contributed by atoms with E-state index in [4.69, 9.17) is 19.9 Å². The van der Waals surface area contributed by atoms with Crippen molar-refractivity contribution in [3.8, 4) is 5.75 Å². The molecule has 3 aliphatic rings. The van der Waals surface area contributed by atoms with E-state index in [0.717, 1.165) is 12.8 Å². The molecule has 2 amide bonds.